The summed E-state index contributed by atoms with van der Waals surface area (Å²) in [7, 11) is 1.30. The predicted octanol–water partition coefficient (Wildman–Crippen LogP) is 6.89. The zero-order chi connectivity index (χ0) is 26.0. The Morgan fingerprint density at radius 2 is 1.89 bits per heavy atom. The second-order valence-electron chi connectivity index (χ2n) is 8.12. The van der Waals surface area contributed by atoms with Gasteiger partial charge in [-0.1, -0.05) is 53.8 Å². The Hall–Kier alpha value is -2.78. The van der Waals surface area contributed by atoms with E-state index in [0.717, 1.165) is 17.4 Å². The van der Waals surface area contributed by atoms with Gasteiger partial charge in [0.2, 0.25) is 0 Å². The smallest absolute Gasteiger partial charge is 0.435 e. The molecule has 0 radical (unpaired) electrons. The Balaban J connectivity index is 1.84. The van der Waals surface area contributed by atoms with Crippen molar-refractivity contribution in [3.05, 3.63) is 68.7 Å². The van der Waals surface area contributed by atoms with Crippen molar-refractivity contribution >= 4 is 40.9 Å². The second-order valence-corrected chi connectivity index (χ2v) is 8.94. The van der Waals surface area contributed by atoms with Crippen LogP contribution < -0.4 is 0 Å². The molecule has 6 nitrogen and oxygen atoms in total. The van der Waals surface area contributed by atoms with Crippen molar-refractivity contribution in [1.29, 1.82) is 0 Å². The summed E-state index contributed by atoms with van der Waals surface area (Å²) in [5.41, 5.74) is -1.93. The molecule has 0 bridgehead atoms. The Morgan fingerprint density at radius 1 is 1.17 bits per heavy atom. The highest BCUT2D eigenvalue weighted by Gasteiger charge is 2.62. The van der Waals surface area contributed by atoms with Crippen LogP contribution in [0.15, 0.2) is 41.6 Å². The Kier molecular flexibility index (Phi) is 8.01. The number of rotatable bonds is 6. The first kappa shape index (κ1) is 26.8. The molecule has 0 saturated heterocycles. The molecule has 0 fully saturated rings. The maximum atomic E-state index is 14.2. The first-order valence-corrected chi connectivity index (χ1v) is 11.5. The number of benzene rings is 2. The minimum Gasteiger partial charge on any atom is -0.449 e. The van der Waals surface area contributed by atoms with Gasteiger partial charge in [-0.25, -0.2) is 9.69 Å². The van der Waals surface area contributed by atoms with Gasteiger partial charge < -0.3 is 9.57 Å². The van der Waals surface area contributed by atoms with E-state index in [2.05, 4.69) is 5.16 Å². The van der Waals surface area contributed by atoms with Gasteiger partial charge in [0.05, 0.1) is 22.4 Å². The highest BCUT2D eigenvalue weighted by atomic mass is 35.5. The summed E-state index contributed by atoms with van der Waals surface area (Å²) in [6, 6.07) is 7.98. The zero-order valence-corrected chi connectivity index (χ0v) is 20.7. The van der Waals surface area contributed by atoms with Crippen molar-refractivity contribution in [1.82, 2.24) is 4.90 Å². The average Bonchev–Trinajstić information content (AvgIpc) is 3.27. The molecule has 0 spiro atoms. The highest BCUT2D eigenvalue weighted by Crippen LogP contribution is 2.49. The number of hydrogen-bond donors (Lipinski definition) is 0. The topological polar surface area (TPSA) is 68.2 Å². The molecule has 1 atom stereocenters. The summed E-state index contributed by atoms with van der Waals surface area (Å²) in [6.45, 7) is 3.75. The number of carbonyl (C=O) groups is 2. The Bertz CT molecular complexity index is 1170. The number of halogens is 5. The predicted molar refractivity (Wildman–Crippen MR) is 126 cm³/mol. The van der Waals surface area contributed by atoms with Crippen LogP contribution in [0.4, 0.5) is 18.0 Å². The number of hydrogen-bond acceptors (Lipinski definition) is 5. The first-order chi connectivity index (χ1) is 16.4. The van der Waals surface area contributed by atoms with E-state index in [1.165, 1.54) is 37.4 Å². The third-order valence-corrected chi connectivity index (χ3v) is 6.40. The van der Waals surface area contributed by atoms with E-state index in [9.17, 15) is 22.8 Å². The maximum Gasteiger partial charge on any atom is 0.435 e. The van der Waals surface area contributed by atoms with Gasteiger partial charge in [-0.15, -0.1) is 0 Å². The van der Waals surface area contributed by atoms with Crippen LogP contribution in [0.25, 0.3) is 0 Å². The molecule has 1 aliphatic heterocycles. The summed E-state index contributed by atoms with van der Waals surface area (Å²) < 4.78 is 47.6. The molecule has 1 heterocycles. The number of carbonyl (C=O) groups excluding carboxylic acids is 2. The Labute approximate surface area is 210 Å². The quantitative estimate of drug-likeness (QED) is 0.381. The fourth-order valence-electron chi connectivity index (χ4n) is 3.55. The van der Waals surface area contributed by atoms with Gasteiger partial charge in [0.15, 0.2) is 0 Å². The molecule has 1 aliphatic rings. The summed E-state index contributed by atoms with van der Waals surface area (Å²) in [6.07, 6.45) is -4.68. The number of imide groups is 1. The van der Waals surface area contributed by atoms with Crippen LogP contribution >= 0.6 is 23.2 Å². The molecule has 0 N–H and O–H groups in total. The van der Waals surface area contributed by atoms with Gasteiger partial charge in [0.1, 0.15) is 0 Å². The summed E-state index contributed by atoms with van der Waals surface area (Å²) in [5.74, 6) is -0.597. The van der Waals surface area contributed by atoms with Crippen LogP contribution in [-0.2, 0) is 15.2 Å². The van der Waals surface area contributed by atoms with Crippen molar-refractivity contribution in [2.75, 3.05) is 13.7 Å². The third kappa shape index (κ3) is 5.41. The monoisotopic (exact) mass is 530 g/mol. The molecule has 0 aromatic heterocycles. The van der Waals surface area contributed by atoms with Crippen LogP contribution in [-0.4, -0.2) is 42.4 Å². The van der Waals surface area contributed by atoms with E-state index in [0.29, 0.717) is 17.5 Å². The summed E-state index contributed by atoms with van der Waals surface area (Å²) in [4.78, 5) is 30.7. The van der Waals surface area contributed by atoms with Crippen molar-refractivity contribution in [3.63, 3.8) is 0 Å². The van der Waals surface area contributed by atoms with Gasteiger partial charge in [-0.3, -0.25) is 4.79 Å². The maximum absolute atomic E-state index is 14.2. The van der Waals surface area contributed by atoms with E-state index in [1.807, 2.05) is 6.92 Å². The molecule has 0 aliphatic carbocycles. The molecular formula is C24H23Cl2F3N2O4. The lowest BCUT2D eigenvalue weighted by molar-refractivity contribution is -0.275. The van der Waals surface area contributed by atoms with E-state index in [4.69, 9.17) is 32.8 Å². The first-order valence-electron chi connectivity index (χ1n) is 10.7. The molecule has 11 heteroatoms. The zero-order valence-electron chi connectivity index (χ0n) is 19.2. The largest absolute Gasteiger partial charge is 0.449 e. The normalized spacial score (nSPS) is 17.5. The number of nitrogens with zero attached hydrogens (tertiary/aromatic N) is 2. The van der Waals surface area contributed by atoms with Crippen molar-refractivity contribution < 1.29 is 32.3 Å². The van der Waals surface area contributed by atoms with E-state index in [1.54, 1.807) is 6.92 Å². The van der Waals surface area contributed by atoms with Crippen LogP contribution in [0.3, 0.4) is 0 Å². The third-order valence-electron chi connectivity index (χ3n) is 5.66. The van der Waals surface area contributed by atoms with Crippen LogP contribution in [0, 0.1) is 6.92 Å². The van der Waals surface area contributed by atoms with Gasteiger partial charge >= 0.3 is 12.3 Å². The van der Waals surface area contributed by atoms with Crippen molar-refractivity contribution in [3.8, 4) is 0 Å². The van der Waals surface area contributed by atoms with E-state index < -0.39 is 30.2 Å². The van der Waals surface area contributed by atoms with Crippen LogP contribution in [0.5, 0.6) is 0 Å². The fourth-order valence-corrected chi connectivity index (χ4v) is 3.85. The molecule has 3 rings (SSSR count). The van der Waals surface area contributed by atoms with E-state index in [-0.39, 0.29) is 33.5 Å². The molecular weight excluding hydrogens is 508 g/mol. The number of oxime groups is 1. The summed E-state index contributed by atoms with van der Waals surface area (Å²) >= 11 is 11.8. The molecule has 0 saturated carbocycles. The molecule has 35 heavy (non-hydrogen) atoms. The van der Waals surface area contributed by atoms with E-state index >= 15 is 0 Å². The SMILES string of the molecule is CCCCOC(=O)N(C)C(=O)c1ccc(C2=NOC(c3ccc(Cl)c(Cl)c3)(C(F)(F)F)C2)cc1C. The van der Waals surface area contributed by atoms with Gasteiger partial charge in [-0.2, -0.15) is 13.2 Å². The minimum absolute atomic E-state index is 0.0408. The minimum atomic E-state index is -4.80. The molecule has 188 valence electrons. The molecule has 2 amide bonds. The molecule has 1 unspecified atom stereocenters. The number of alkyl halides is 3. The van der Waals surface area contributed by atoms with Gasteiger partial charge in [-0.05, 0) is 48.7 Å². The lowest BCUT2D eigenvalue weighted by Gasteiger charge is -2.29. The highest BCUT2D eigenvalue weighted by molar-refractivity contribution is 6.42. The van der Waals surface area contributed by atoms with Crippen molar-refractivity contribution in [2.45, 2.75) is 44.9 Å². The number of ether oxygens (including phenoxy) is 1. The molecule has 2 aromatic carbocycles. The Morgan fingerprint density at radius 3 is 2.49 bits per heavy atom. The van der Waals surface area contributed by atoms with Gasteiger partial charge in [0.25, 0.3) is 11.5 Å². The second kappa shape index (κ2) is 10.5. The van der Waals surface area contributed by atoms with Gasteiger partial charge in [0, 0.05) is 24.6 Å². The van der Waals surface area contributed by atoms with Crippen molar-refractivity contribution in [2.24, 2.45) is 5.16 Å². The summed E-state index contributed by atoms with van der Waals surface area (Å²) in [5, 5.41) is 3.80. The van der Waals surface area contributed by atoms with Crippen LogP contribution in [0.1, 0.15) is 53.2 Å². The number of unbranched alkanes of at least 4 members (excludes halogenated alkanes) is 1. The standard InChI is InChI=1S/C24H23Cl2F3N2O4/c1-4-5-10-34-22(33)31(3)21(32)17-8-6-15(11-14(17)2)20-13-23(35-30-20,24(27,28)29)16-7-9-18(25)19(26)12-16/h6-9,11-12H,4-5,10,13H2,1-3H3. The lowest BCUT2D eigenvalue weighted by atomic mass is 9.86. The average molecular weight is 531 g/mol. The number of amides is 2. The lowest BCUT2D eigenvalue weighted by Crippen LogP contribution is -2.42. The molecule has 2 aromatic rings. The fraction of sp³-hybridized carbons (Fsp3) is 0.375. The number of aryl methyl sites for hydroxylation is 1. The van der Waals surface area contributed by atoms with Crippen LogP contribution in [0.2, 0.25) is 10.0 Å².